The highest BCUT2D eigenvalue weighted by Gasteiger charge is 2.28. The highest BCUT2D eigenvalue weighted by molar-refractivity contribution is 6.04. The molecule has 118 valence electrons. The van der Waals surface area contributed by atoms with Crippen molar-refractivity contribution in [3.05, 3.63) is 41.3 Å². The smallest absolute Gasteiger partial charge is 0.261 e. The van der Waals surface area contributed by atoms with E-state index in [2.05, 4.69) is 20.6 Å². The van der Waals surface area contributed by atoms with Gasteiger partial charge in [-0.25, -0.2) is 0 Å². The van der Waals surface area contributed by atoms with E-state index >= 15 is 0 Å². The lowest BCUT2D eigenvalue weighted by atomic mass is 9.81. The third-order valence-corrected chi connectivity index (χ3v) is 4.38. The van der Waals surface area contributed by atoms with Gasteiger partial charge in [-0.1, -0.05) is 6.42 Å². The molecule has 0 unspecified atom stereocenters. The van der Waals surface area contributed by atoms with Gasteiger partial charge in [-0.3, -0.25) is 19.2 Å². The van der Waals surface area contributed by atoms with Crippen molar-refractivity contribution in [3.63, 3.8) is 0 Å². The Hall–Kier alpha value is -2.70. The first-order valence-corrected chi connectivity index (χ1v) is 7.78. The summed E-state index contributed by atoms with van der Waals surface area (Å²) in [7, 11) is 1.84. The lowest BCUT2D eigenvalue weighted by molar-refractivity contribution is 0.102. The SMILES string of the molecule is Cc1ccn2c(NC(=O)c3cn(C)nc3C3CCC3)nnc2c1. The van der Waals surface area contributed by atoms with Gasteiger partial charge >= 0.3 is 0 Å². The van der Waals surface area contributed by atoms with Crippen molar-refractivity contribution >= 4 is 17.5 Å². The van der Waals surface area contributed by atoms with Gasteiger partial charge in [0.25, 0.3) is 5.91 Å². The molecule has 0 aromatic carbocycles. The van der Waals surface area contributed by atoms with Gasteiger partial charge in [0.15, 0.2) is 5.65 Å². The molecule has 7 nitrogen and oxygen atoms in total. The predicted molar refractivity (Wildman–Crippen MR) is 85.5 cm³/mol. The van der Waals surface area contributed by atoms with E-state index in [0.29, 0.717) is 23.1 Å². The van der Waals surface area contributed by atoms with E-state index in [1.54, 1.807) is 15.3 Å². The predicted octanol–water partition coefficient (Wildman–Crippen LogP) is 2.29. The van der Waals surface area contributed by atoms with E-state index in [9.17, 15) is 4.79 Å². The molecule has 0 atom stereocenters. The van der Waals surface area contributed by atoms with Gasteiger partial charge in [-0.2, -0.15) is 5.10 Å². The standard InChI is InChI=1S/C16H18N6O/c1-10-6-7-22-13(8-10)18-19-16(22)17-15(23)12-9-21(2)20-14(12)11-4-3-5-11/h6-9,11H,3-5H2,1-2H3,(H,17,19,23). The van der Waals surface area contributed by atoms with Crippen LogP contribution in [0.25, 0.3) is 5.65 Å². The summed E-state index contributed by atoms with van der Waals surface area (Å²) in [6, 6.07) is 3.88. The highest BCUT2D eigenvalue weighted by atomic mass is 16.1. The van der Waals surface area contributed by atoms with Crippen LogP contribution in [-0.4, -0.2) is 30.3 Å². The number of aromatic nitrogens is 5. The molecule has 0 radical (unpaired) electrons. The lowest BCUT2D eigenvalue weighted by Gasteiger charge is -2.24. The average Bonchev–Trinajstić information content (AvgIpc) is 3.01. The number of anilines is 1. The molecule has 1 aliphatic carbocycles. The zero-order chi connectivity index (χ0) is 16.0. The second-order valence-corrected chi connectivity index (χ2v) is 6.14. The minimum atomic E-state index is -0.185. The molecule has 0 spiro atoms. The molecule has 0 bridgehead atoms. The average molecular weight is 310 g/mol. The second kappa shape index (κ2) is 5.19. The molecular formula is C16H18N6O. The summed E-state index contributed by atoms with van der Waals surface area (Å²) in [6.45, 7) is 1.99. The first kappa shape index (κ1) is 13.9. The van der Waals surface area contributed by atoms with E-state index in [1.165, 1.54) is 6.42 Å². The molecule has 0 saturated heterocycles. The zero-order valence-electron chi connectivity index (χ0n) is 13.2. The Morgan fingerprint density at radius 1 is 1.35 bits per heavy atom. The van der Waals surface area contributed by atoms with Crippen LogP contribution in [0.2, 0.25) is 0 Å². The summed E-state index contributed by atoms with van der Waals surface area (Å²) >= 11 is 0. The Bertz CT molecular complexity index is 889. The Kier molecular flexibility index (Phi) is 3.14. The van der Waals surface area contributed by atoms with E-state index in [0.717, 1.165) is 24.1 Å². The van der Waals surface area contributed by atoms with Crippen LogP contribution >= 0.6 is 0 Å². The molecule has 7 heteroatoms. The van der Waals surface area contributed by atoms with Crippen molar-refractivity contribution < 1.29 is 4.79 Å². The topological polar surface area (TPSA) is 77.1 Å². The van der Waals surface area contributed by atoms with Crippen molar-refractivity contribution in [2.75, 3.05) is 5.32 Å². The van der Waals surface area contributed by atoms with Crippen molar-refractivity contribution in [2.24, 2.45) is 7.05 Å². The summed E-state index contributed by atoms with van der Waals surface area (Å²) in [4.78, 5) is 12.7. The van der Waals surface area contributed by atoms with Gasteiger partial charge in [-0.15, -0.1) is 10.2 Å². The molecule has 23 heavy (non-hydrogen) atoms. The fourth-order valence-corrected chi connectivity index (χ4v) is 2.91. The van der Waals surface area contributed by atoms with Gasteiger partial charge in [0.05, 0.1) is 11.3 Å². The number of pyridine rings is 1. The Balaban J connectivity index is 1.64. The molecule has 1 fully saturated rings. The number of nitrogens with zero attached hydrogens (tertiary/aromatic N) is 5. The molecular weight excluding hydrogens is 292 g/mol. The number of carbonyl (C=O) groups excluding carboxylic acids is 1. The molecule has 1 saturated carbocycles. The minimum absolute atomic E-state index is 0.185. The van der Waals surface area contributed by atoms with Crippen LogP contribution in [0.3, 0.4) is 0 Å². The maximum atomic E-state index is 12.7. The maximum absolute atomic E-state index is 12.7. The van der Waals surface area contributed by atoms with Crippen molar-refractivity contribution in [1.82, 2.24) is 24.4 Å². The number of aryl methyl sites for hydroxylation is 2. The van der Waals surface area contributed by atoms with E-state index in [-0.39, 0.29) is 5.91 Å². The molecule has 3 aromatic rings. The first-order valence-electron chi connectivity index (χ1n) is 7.78. The van der Waals surface area contributed by atoms with Crippen molar-refractivity contribution in [3.8, 4) is 0 Å². The van der Waals surface area contributed by atoms with Gasteiger partial charge in [0, 0.05) is 25.4 Å². The number of hydrogen-bond donors (Lipinski definition) is 1. The fraction of sp³-hybridized carbons (Fsp3) is 0.375. The molecule has 1 aliphatic rings. The molecule has 3 heterocycles. The second-order valence-electron chi connectivity index (χ2n) is 6.14. The fourth-order valence-electron chi connectivity index (χ4n) is 2.91. The number of rotatable bonds is 3. The molecule has 4 rings (SSSR count). The third kappa shape index (κ3) is 2.38. The quantitative estimate of drug-likeness (QED) is 0.805. The minimum Gasteiger partial charge on any atom is -0.290 e. The van der Waals surface area contributed by atoms with Crippen LogP contribution in [-0.2, 0) is 7.05 Å². The number of hydrogen-bond acceptors (Lipinski definition) is 4. The van der Waals surface area contributed by atoms with E-state index in [4.69, 9.17) is 0 Å². The molecule has 1 amide bonds. The maximum Gasteiger partial charge on any atom is 0.261 e. The first-order chi connectivity index (χ1) is 11.1. The van der Waals surface area contributed by atoms with Crippen molar-refractivity contribution in [1.29, 1.82) is 0 Å². The summed E-state index contributed by atoms with van der Waals surface area (Å²) in [5.41, 5.74) is 3.33. The van der Waals surface area contributed by atoms with Crippen LogP contribution in [0.5, 0.6) is 0 Å². The highest BCUT2D eigenvalue weighted by Crippen LogP contribution is 2.37. The number of carbonyl (C=O) groups is 1. The van der Waals surface area contributed by atoms with Crippen molar-refractivity contribution in [2.45, 2.75) is 32.1 Å². The van der Waals surface area contributed by atoms with Gasteiger partial charge < -0.3 is 0 Å². The monoisotopic (exact) mass is 310 g/mol. The van der Waals surface area contributed by atoms with Gasteiger partial charge in [-0.05, 0) is 37.5 Å². The van der Waals surface area contributed by atoms with Crippen LogP contribution in [0.4, 0.5) is 5.95 Å². The Labute approximate surface area is 133 Å². The normalized spacial score (nSPS) is 14.9. The van der Waals surface area contributed by atoms with Crippen LogP contribution < -0.4 is 5.32 Å². The summed E-state index contributed by atoms with van der Waals surface area (Å²) in [5.74, 6) is 0.637. The van der Waals surface area contributed by atoms with Crippen LogP contribution in [0.1, 0.15) is 46.8 Å². The van der Waals surface area contributed by atoms with Crippen LogP contribution in [0.15, 0.2) is 24.5 Å². The number of nitrogens with one attached hydrogen (secondary N) is 1. The summed E-state index contributed by atoms with van der Waals surface area (Å²) in [6.07, 6.45) is 7.04. The van der Waals surface area contributed by atoms with Crippen LogP contribution in [0, 0.1) is 6.92 Å². The molecule has 1 N–H and O–H groups in total. The lowest BCUT2D eigenvalue weighted by Crippen LogP contribution is -2.18. The number of fused-ring (bicyclic) bond motifs is 1. The van der Waals surface area contributed by atoms with E-state index < -0.39 is 0 Å². The Morgan fingerprint density at radius 3 is 2.91 bits per heavy atom. The van der Waals surface area contributed by atoms with Gasteiger partial charge in [0.2, 0.25) is 5.95 Å². The van der Waals surface area contributed by atoms with E-state index in [1.807, 2.05) is 32.3 Å². The van der Waals surface area contributed by atoms with Gasteiger partial charge in [0.1, 0.15) is 0 Å². The zero-order valence-corrected chi connectivity index (χ0v) is 13.2. The molecule has 3 aromatic heterocycles. The Morgan fingerprint density at radius 2 is 2.17 bits per heavy atom. The third-order valence-electron chi connectivity index (χ3n) is 4.38. The molecule has 0 aliphatic heterocycles. The largest absolute Gasteiger partial charge is 0.290 e. The number of amides is 1. The summed E-state index contributed by atoms with van der Waals surface area (Å²) < 4.78 is 3.47. The summed E-state index contributed by atoms with van der Waals surface area (Å²) in [5, 5.41) is 15.5.